The summed E-state index contributed by atoms with van der Waals surface area (Å²) in [6.45, 7) is -0.248. The Bertz CT molecular complexity index is 840. The quantitative estimate of drug-likeness (QED) is 0.655. The zero-order valence-electron chi connectivity index (χ0n) is 14.6. The van der Waals surface area contributed by atoms with Crippen molar-refractivity contribution in [3.8, 4) is 11.8 Å². The number of alkyl halides is 6. The van der Waals surface area contributed by atoms with Gasteiger partial charge in [0.2, 0.25) is 0 Å². The van der Waals surface area contributed by atoms with E-state index in [-0.39, 0.29) is 18.8 Å². The van der Waals surface area contributed by atoms with Gasteiger partial charge in [0.05, 0.1) is 29.9 Å². The first kappa shape index (κ1) is 21.3. The lowest BCUT2D eigenvalue weighted by atomic mass is 10.1. The fraction of sp³-hybridized carbons (Fsp3) is 0.333. The first-order chi connectivity index (χ1) is 13.0. The van der Waals surface area contributed by atoms with E-state index in [4.69, 9.17) is 10.00 Å². The largest absolute Gasteiger partial charge is 0.490 e. The van der Waals surface area contributed by atoms with Crippen LogP contribution < -0.4 is 9.64 Å². The Kier molecular flexibility index (Phi) is 6.38. The highest BCUT2D eigenvalue weighted by atomic mass is 19.4. The molecule has 0 N–H and O–H groups in total. The minimum atomic E-state index is -4.87. The third-order valence-corrected chi connectivity index (χ3v) is 3.68. The van der Waals surface area contributed by atoms with E-state index in [9.17, 15) is 26.3 Å². The number of pyridine rings is 1. The second kappa shape index (κ2) is 8.37. The molecule has 10 heteroatoms. The van der Waals surface area contributed by atoms with Crippen molar-refractivity contribution in [1.82, 2.24) is 4.98 Å². The van der Waals surface area contributed by atoms with Gasteiger partial charge in [0, 0.05) is 11.4 Å². The van der Waals surface area contributed by atoms with Crippen LogP contribution in [0.3, 0.4) is 0 Å². The summed E-state index contributed by atoms with van der Waals surface area (Å²) in [5.41, 5.74) is -1.54. The number of halogens is 6. The smallest absolute Gasteiger partial charge is 0.417 e. The van der Waals surface area contributed by atoms with Crippen LogP contribution in [0.2, 0.25) is 0 Å². The van der Waals surface area contributed by atoms with E-state index in [0.29, 0.717) is 11.8 Å². The molecule has 28 heavy (non-hydrogen) atoms. The first-order valence-electron chi connectivity index (χ1n) is 7.98. The maximum atomic E-state index is 13.1. The monoisotopic (exact) mass is 403 g/mol. The standard InChI is InChI=1S/C18H15F6N3O/c1-12-2-5-15(10-26-12)28-7-6-27(11-17(19,20)21)14-4-3-13(9-25)16(8-14)18(22,23)24/h2-5,8,10H,6-7,11H2,1H3. The van der Waals surface area contributed by atoms with E-state index in [1.165, 1.54) is 12.3 Å². The number of nitriles is 1. The Balaban J connectivity index is 2.23. The number of anilines is 1. The van der Waals surface area contributed by atoms with E-state index in [0.717, 1.165) is 22.7 Å². The summed E-state index contributed by atoms with van der Waals surface area (Å²) in [6, 6.07) is 7.07. The van der Waals surface area contributed by atoms with Gasteiger partial charge in [-0.1, -0.05) is 0 Å². The molecule has 0 saturated heterocycles. The van der Waals surface area contributed by atoms with Gasteiger partial charge in [-0.05, 0) is 37.3 Å². The van der Waals surface area contributed by atoms with Crippen LogP contribution in [0.25, 0.3) is 0 Å². The van der Waals surface area contributed by atoms with Gasteiger partial charge in [-0.25, -0.2) is 0 Å². The Morgan fingerprint density at radius 1 is 1.11 bits per heavy atom. The third kappa shape index (κ3) is 6.04. The van der Waals surface area contributed by atoms with Gasteiger partial charge in [0.1, 0.15) is 18.9 Å². The second-order valence-corrected chi connectivity index (χ2v) is 5.86. The highest BCUT2D eigenvalue weighted by molar-refractivity contribution is 5.55. The predicted octanol–water partition coefficient (Wildman–Crippen LogP) is 4.73. The second-order valence-electron chi connectivity index (χ2n) is 5.86. The molecule has 0 aliphatic carbocycles. The fourth-order valence-corrected chi connectivity index (χ4v) is 2.39. The number of nitrogens with zero attached hydrogens (tertiary/aromatic N) is 3. The van der Waals surface area contributed by atoms with Crippen molar-refractivity contribution >= 4 is 5.69 Å². The molecular formula is C18H15F6N3O. The van der Waals surface area contributed by atoms with E-state index in [1.807, 2.05) is 0 Å². The minimum absolute atomic E-state index is 0.206. The number of ether oxygens (including phenoxy) is 1. The highest BCUT2D eigenvalue weighted by Crippen LogP contribution is 2.35. The van der Waals surface area contributed by atoms with Crippen molar-refractivity contribution in [3.63, 3.8) is 0 Å². The van der Waals surface area contributed by atoms with Crippen LogP contribution in [0.4, 0.5) is 32.0 Å². The molecule has 1 aromatic carbocycles. The van der Waals surface area contributed by atoms with Gasteiger partial charge in [0.15, 0.2) is 0 Å². The number of hydrogen-bond donors (Lipinski definition) is 0. The van der Waals surface area contributed by atoms with Crippen LogP contribution in [0.5, 0.6) is 5.75 Å². The molecule has 1 heterocycles. The summed E-state index contributed by atoms with van der Waals surface area (Å²) in [5, 5.41) is 8.82. The molecular weight excluding hydrogens is 388 g/mol. The Labute approximate surface area is 157 Å². The van der Waals surface area contributed by atoms with E-state index in [1.54, 1.807) is 19.1 Å². The van der Waals surface area contributed by atoms with Crippen molar-refractivity contribution in [2.75, 3.05) is 24.6 Å². The summed E-state index contributed by atoms with van der Waals surface area (Å²) >= 11 is 0. The van der Waals surface area contributed by atoms with Crippen LogP contribution in [0, 0.1) is 18.3 Å². The number of hydrogen-bond acceptors (Lipinski definition) is 4. The summed E-state index contributed by atoms with van der Waals surface area (Å²) in [4.78, 5) is 4.70. The molecule has 150 valence electrons. The summed E-state index contributed by atoms with van der Waals surface area (Å²) in [5.74, 6) is 0.327. The third-order valence-electron chi connectivity index (χ3n) is 3.68. The van der Waals surface area contributed by atoms with Crippen molar-refractivity contribution in [3.05, 3.63) is 53.3 Å². The first-order valence-corrected chi connectivity index (χ1v) is 7.98. The molecule has 0 fully saturated rings. The normalized spacial score (nSPS) is 11.8. The molecule has 0 unspecified atom stereocenters. The molecule has 0 saturated carbocycles. The Morgan fingerprint density at radius 2 is 1.82 bits per heavy atom. The minimum Gasteiger partial charge on any atom is -0.490 e. The molecule has 0 atom stereocenters. The number of aromatic nitrogens is 1. The lowest BCUT2D eigenvalue weighted by Crippen LogP contribution is -2.37. The highest BCUT2D eigenvalue weighted by Gasteiger charge is 2.36. The van der Waals surface area contributed by atoms with E-state index >= 15 is 0 Å². The zero-order chi connectivity index (χ0) is 20.9. The van der Waals surface area contributed by atoms with Crippen LogP contribution in [-0.4, -0.2) is 30.9 Å². The maximum Gasteiger partial charge on any atom is 0.417 e. The topological polar surface area (TPSA) is 49.1 Å². The van der Waals surface area contributed by atoms with Crippen LogP contribution >= 0.6 is 0 Å². The van der Waals surface area contributed by atoms with Gasteiger partial charge in [-0.15, -0.1) is 0 Å². The van der Waals surface area contributed by atoms with Crippen LogP contribution in [0.15, 0.2) is 36.5 Å². The molecule has 1 aromatic heterocycles. The summed E-state index contributed by atoms with van der Waals surface area (Å²) in [6.07, 6.45) is -8.11. The van der Waals surface area contributed by atoms with E-state index in [2.05, 4.69) is 4.98 Å². The molecule has 0 spiro atoms. The Morgan fingerprint density at radius 3 is 2.36 bits per heavy atom. The molecule has 4 nitrogen and oxygen atoms in total. The number of benzene rings is 1. The predicted molar refractivity (Wildman–Crippen MR) is 88.9 cm³/mol. The van der Waals surface area contributed by atoms with Gasteiger partial charge in [-0.3, -0.25) is 4.98 Å². The lowest BCUT2D eigenvalue weighted by Gasteiger charge is -2.27. The average molecular weight is 403 g/mol. The summed E-state index contributed by atoms with van der Waals surface area (Å²) in [7, 11) is 0. The van der Waals surface area contributed by atoms with Crippen molar-refractivity contribution < 1.29 is 31.1 Å². The van der Waals surface area contributed by atoms with Crippen LogP contribution in [0.1, 0.15) is 16.8 Å². The molecule has 0 aliphatic heterocycles. The van der Waals surface area contributed by atoms with E-state index < -0.39 is 30.0 Å². The average Bonchev–Trinajstić information content (AvgIpc) is 2.60. The lowest BCUT2D eigenvalue weighted by molar-refractivity contribution is -0.137. The maximum absolute atomic E-state index is 13.1. The molecule has 0 radical (unpaired) electrons. The molecule has 0 bridgehead atoms. The zero-order valence-corrected chi connectivity index (χ0v) is 14.6. The molecule has 0 aliphatic rings. The van der Waals surface area contributed by atoms with Gasteiger partial charge < -0.3 is 9.64 Å². The van der Waals surface area contributed by atoms with Crippen molar-refractivity contribution in [2.24, 2.45) is 0 Å². The molecule has 0 amide bonds. The Hall–Kier alpha value is -2.96. The van der Waals surface area contributed by atoms with Gasteiger partial charge in [-0.2, -0.15) is 31.6 Å². The SMILES string of the molecule is Cc1ccc(OCCN(CC(F)(F)F)c2ccc(C#N)c(C(F)(F)F)c2)cn1. The fourth-order valence-electron chi connectivity index (χ4n) is 2.39. The van der Waals surface area contributed by atoms with Crippen molar-refractivity contribution in [2.45, 2.75) is 19.3 Å². The van der Waals surface area contributed by atoms with Gasteiger partial charge >= 0.3 is 12.4 Å². The number of rotatable bonds is 6. The molecule has 2 aromatic rings. The van der Waals surface area contributed by atoms with Crippen LogP contribution in [-0.2, 0) is 6.18 Å². The summed E-state index contributed by atoms with van der Waals surface area (Å²) < 4.78 is 83.3. The number of aryl methyl sites for hydroxylation is 1. The van der Waals surface area contributed by atoms with Crippen molar-refractivity contribution in [1.29, 1.82) is 5.26 Å². The van der Waals surface area contributed by atoms with Gasteiger partial charge in [0.25, 0.3) is 0 Å². The molecule has 2 rings (SSSR count).